The summed E-state index contributed by atoms with van der Waals surface area (Å²) in [4.78, 5) is 25.2. The zero-order valence-corrected chi connectivity index (χ0v) is 26.9. The van der Waals surface area contributed by atoms with Crippen LogP contribution in [0, 0.1) is 5.92 Å². The van der Waals surface area contributed by atoms with Gasteiger partial charge in [-0.3, -0.25) is 9.59 Å². The maximum Gasteiger partial charge on any atom is 0.162 e. The van der Waals surface area contributed by atoms with E-state index in [1.807, 2.05) is 6.92 Å². The van der Waals surface area contributed by atoms with Crippen molar-refractivity contribution in [2.24, 2.45) is 5.92 Å². The number of hydrogen-bond donors (Lipinski definition) is 1. The van der Waals surface area contributed by atoms with Crippen LogP contribution in [-0.4, -0.2) is 22.8 Å². The number of aliphatic hydroxyl groups excluding tert-OH is 1. The molecule has 0 aliphatic carbocycles. The van der Waals surface area contributed by atoms with Crippen molar-refractivity contribution < 1.29 is 14.7 Å². The lowest BCUT2D eigenvalue weighted by atomic mass is 9.87. The van der Waals surface area contributed by atoms with E-state index in [-0.39, 0.29) is 11.6 Å². The molecule has 232 valence electrons. The quantitative estimate of drug-likeness (QED) is 0.0847. The van der Waals surface area contributed by atoms with E-state index in [0.717, 1.165) is 25.7 Å². The molecule has 0 amide bonds. The minimum Gasteiger partial charge on any atom is -0.385 e. The highest BCUT2D eigenvalue weighted by Crippen LogP contribution is 2.19. The van der Waals surface area contributed by atoms with Gasteiger partial charge in [-0.1, -0.05) is 175 Å². The molecule has 0 saturated heterocycles. The topological polar surface area (TPSA) is 54.4 Å². The number of aliphatic hydroxyl groups is 1. The van der Waals surface area contributed by atoms with Crippen molar-refractivity contribution in [3.63, 3.8) is 0 Å². The van der Waals surface area contributed by atoms with Crippen LogP contribution in [-0.2, 0) is 9.59 Å². The molecule has 3 nitrogen and oxygen atoms in total. The normalized spacial score (nSPS) is 13.0. The molecule has 0 fully saturated rings. The lowest BCUT2D eigenvalue weighted by molar-refractivity contribution is -0.137. The molecule has 0 heterocycles. The third kappa shape index (κ3) is 24.8. The summed E-state index contributed by atoms with van der Waals surface area (Å²) in [6.07, 6.45) is 33.8. The Bertz CT molecular complexity index is 529. The van der Waals surface area contributed by atoms with E-state index < -0.39 is 12.0 Å². The number of Topliss-reactive ketones (excluding diaryl/α,β-unsaturated/α-hetero) is 2. The fraction of sp³-hybridized carbons (Fsp3) is 0.944. The van der Waals surface area contributed by atoms with Crippen LogP contribution >= 0.6 is 0 Å². The molecule has 0 aliphatic rings. The van der Waals surface area contributed by atoms with Gasteiger partial charge in [-0.15, -0.1) is 0 Å². The highest BCUT2D eigenvalue weighted by atomic mass is 16.3. The van der Waals surface area contributed by atoms with E-state index in [4.69, 9.17) is 0 Å². The lowest BCUT2D eigenvalue weighted by Crippen LogP contribution is -2.34. The molecule has 0 radical (unpaired) electrons. The van der Waals surface area contributed by atoms with Gasteiger partial charge in [0.2, 0.25) is 0 Å². The van der Waals surface area contributed by atoms with Gasteiger partial charge in [0.25, 0.3) is 0 Å². The van der Waals surface area contributed by atoms with Crippen molar-refractivity contribution in [2.45, 2.75) is 213 Å². The highest BCUT2D eigenvalue weighted by molar-refractivity contribution is 5.91. The zero-order valence-electron chi connectivity index (χ0n) is 26.9. The molecular weight excluding hydrogens is 480 g/mol. The summed E-state index contributed by atoms with van der Waals surface area (Å²) in [6.45, 7) is 6.46. The van der Waals surface area contributed by atoms with Crippen molar-refractivity contribution in [1.29, 1.82) is 0 Å². The first-order chi connectivity index (χ1) is 19.1. The molecular formula is C36H70O3. The molecule has 0 rings (SSSR count). The number of ketones is 2. The van der Waals surface area contributed by atoms with Crippen LogP contribution in [0.2, 0.25) is 0 Å². The summed E-state index contributed by atoms with van der Waals surface area (Å²) in [5.41, 5.74) is 0. The van der Waals surface area contributed by atoms with Gasteiger partial charge < -0.3 is 5.11 Å². The van der Waals surface area contributed by atoms with Crippen LogP contribution in [0.3, 0.4) is 0 Å². The average Bonchev–Trinajstić information content (AvgIpc) is 2.94. The molecule has 0 aromatic heterocycles. The molecule has 2 unspecified atom stereocenters. The first kappa shape index (κ1) is 38.3. The third-order valence-corrected chi connectivity index (χ3v) is 8.62. The van der Waals surface area contributed by atoms with Crippen LogP contribution in [0.25, 0.3) is 0 Å². The number of carbonyl (C=O) groups excluding carboxylic acids is 2. The summed E-state index contributed by atoms with van der Waals surface area (Å²) >= 11 is 0. The molecule has 0 saturated carbocycles. The van der Waals surface area contributed by atoms with Gasteiger partial charge in [-0.25, -0.2) is 0 Å². The van der Waals surface area contributed by atoms with E-state index >= 15 is 0 Å². The fourth-order valence-corrected chi connectivity index (χ4v) is 5.82. The van der Waals surface area contributed by atoms with Crippen LogP contribution in [0.5, 0.6) is 0 Å². The maximum absolute atomic E-state index is 12.7. The molecule has 1 N–H and O–H groups in total. The molecule has 3 heteroatoms. The molecule has 39 heavy (non-hydrogen) atoms. The average molecular weight is 551 g/mol. The van der Waals surface area contributed by atoms with Crippen LogP contribution in [0.15, 0.2) is 0 Å². The Kier molecular flexibility index (Phi) is 29.7. The maximum atomic E-state index is 12.7. The largest absolute Gasteiger partial charge is 0.385 e. The SMILES string of the molecule is CCCCCCCCCCCCCCCC(=O)C(O)C(CC)C(=O)CCCCCCCCCCCCCCC. The standard InChI is InChI=1S/C36H70O3/c1-4-7-9-11-13-15-17-19-21-23-25-27-29-31-34(37)33(6-3)36(39)35(38)32-30-28-26-24-22-20-18-16-14-12-10-8-5-2/h33,36,39H,4-32H2,1-3H3. The predicted octanol–water partition coefficient (Wildman–Crippen LogP) is 11.5. The minimum atomic E-state index is -1.10. The highest BCUT2D eigenvalue weighted by Gasteiger charge is 2.29. The second kappa shape index (κ2) is 30.3. The van der Waals surface area contributed by atoms with Crippen LogP contribution in [0.1, 0.15) is 207 Å². The van der Waals surface area contributed by atoms with Crippen LogP contribution in [0.4, 0.5) is 0 Å². The van der Waals surface area contributed by atoms with Crippen molar-refractivity contribution in [3.8, 4) is 0 Å². The third-order valence-electron chi connectivity index (χ3n) is 8.62. The molecule has 0 aliphatic heterocycles. The molecule has 0 bridgehead atoms. The van der Waals surface area contributed by atoms with Gasteiger partial charge in [0, 0.05) is 12.8 Å². The van der Waals surface area contributed by atoms with Gasteiger partial charge in [0.1, 0.15) is 11.9 Å². The van der Waals surface area contributed by atoms with E-state index in [0.29, 0.717) is 19.3 Å². The Labute approximate surface area is 245 Å². The van der Waals surface area contributed by atoms with Gasteiger partial charge >= 0.3 is 0 Å². The second-order valence-corrected chi connectivity index (χ2v) is 12.4. The predicted molar refractivity (Wildman–Crippen MR) is 170 cm³/mol. The Balaban J connectivity index is 3.71. The molecule has 0 spiro atoms. The first-order valence-corrected chi connectivity index (χ1v) is 17.8. The van der Waals surface area contributed by atoms with Crippen molar-refractivity contribution in [3.05, 3.63) is 0 Å². The summed E-state index contributed by atoms with van der Waals surface area (Å²) in [6, 6.07) is 0. The van der Waals surface area contributed by atoms with E-state index in [1.165, 1.54) is 141 Å². The summed E-state index contributed by atoms with van der Waals surface area (Å²) in [5, 5.41) is 10.6. The van der Waals surface area contributed by atoms with Crippen molar-refractivity contribution in [2.75, 3.05) is 0 Å². The molecule has 2 atom stereocenters. The Morgan fingerprint density at radius 3 is 0.949 bits per heavy atom. The summed E-state index contributed by atoms with van der Waals surface area (Å²) in [7, 11) is 0. The number of hydrogen-bond acceptors (Lipinski definition) is 3. The van der Waals surface area contributed by atoms with Gasteiger partial charge in [-0.05, 0) is 19.3 Å². The minimum absolute atomic E-state index is 0.0896. The number of unbranched alkanes of at least 4 members (excludes halogenated alkanes) is 24. The smallest absolute Gasteiger partial charge is 0.162 e. The fourth-order valence-electron chi connectivity index (χ4n) is 5.82. The van der Waals surface area contributed by atoms with Gasteiger partial charge in [0.15, 0.2) is 5.78 Å². The van der Waals surface area contributed by atoms with E-state index in [9.17, 15) is 14.7 Å². The number of carbonyl (C=O) groups is 2. The lowest BCUT2D eigenvalue weighted by Gasteiger charge is -2.19. The Morgan fingerprint density at radius 2 is 0.667 bits per heavy atom. The second-order valence-electron chi connectivity index (χ2n) is 12.4. The monoisotopic (exact) mass is 551 g/mol. The zero-order chi connectivity index (χ0) is 28.8. The van der Waals surface area contributed by atoms with Crippen molar-refractivity contribution in [1.82, 2.24) is 0 Å². The first-order valence-electron chi connectivity index (χ1n) is 17.8. The molecule has 0 aromatic carbocycles. The number of rotatable bonds is 32. The summed E-state index contributed by atoms with van der Waals surface area (Å²) in [5.74, 6) is -0.535. The Hall–Kier alpha value is -0.700. The molecule has 0 aromatic rings. The van der Waals surface area contributed by atoms with Crippen molar-refractivity contribution >= 4 is 11.6 Å². The van der Waals surface area contributed by atoms with Crippen LogP contribution < -0.4 is 0 Å². The van der Waals surface area contributed by atoms with E-state index in [2.05, 4.69) is 13.8 Å². The van der Waals surface area contributed by atoms with E-state index in [1.54, 1.807) is 0 Å². The van der Waals surface area contributed by atoms with Gasteiger partial charge in [0.05, 0.1) is 5.92 Å². The Morgan fingerprint density at radius 1 is 0.410 bits per heavy atom. The van der Waals surface area contributed by atoms with Gasteiger partial charge in [-0.2, -0.15) is 0 Å². The summed E-state index contributed by atoms with van der Waals surface area (Å²) < 4.78 is 0.